The van der Waals surface area contributed by atoms with E-state index in [0.29, 0.717) is 4.57 Å². The molecular weight excluding hydrogens is 552 g/mol. The Balaban J connectivity index is 2.09. The summed E-state index contributed by atoms with van der Waals surface area (Å²) in [6.07, 6.45) is -6.93. The van der Waals surface area contributed by atoms with Gasteiger partial charge < -0.3 is 29.4 Å². The number of phosphoric acid groups is 3. The highest BCUT2D eigenvalue weighted by Gasteiger charge is 2.47. The molecule has 172 valence electrons. The number of nitrogens with one attached hydrogen (secondary N) is 1. The lowest BCUT2D eigenvalue weighted by molar-refractivity contribution is -0.0532. The van der Waals surface area contributed by atoms with Gasteiger partial charge in [0.15, 0.2) is 12.4 Å². The van der Waals surface area contributed by atoms with Gasteiger partial charge in [0.1, 0.15) is 12.2 Å². The van der Waals surface area contributed by atoms with Crippen molar-refractivity contribution >= 4 is 39.4 Å². The monoisotopic (exact) mass is 564 g/mol. The van der Waals surface area contributed by atoms with Gasteiger partial charge in [-0.15, -0.1) is 0 Å². The zero-order chi connectivity index (χ0) is 23.1. The Kier molecular flexibility index (Phi) is 7.80. The van der Waals surface area contributed by atoms with E-state index in [1.807, 2.05) is 4.98 Å². The van der Waals surface area contributed by atoms with Crippen LogP contribution in [0.2, 0.25) is 0 Å². The molecule has 2 heterocycles. The van der Waals surface area contributed by atoms with Crippen LogP contribution in [-0.2, 0) is 31.6 Å². The number of aromatic amines is 1. The number of nitrogens with zero attached hydrogens (tertiary/aromatic N) is 1. The zero-order valence-electron chi connectivity index (χ0n) is 14.0. The molecule has 0 aliphatic carbocycles. The minimum absolute atomic E-state index is 0.162. The van der Waals surface area contributed by atoms with Gasteiger partial charge in [0.25, 0.3) is 5.56 Å². The molecular formula is C9H13BrFN2O14P3. The van der Waals surface area contributed by atoms with E-state index in [0.717, 1.165) is 6.20 Å². The fourth-order valence-corrected chi connectivity index (χ4v) is 5.54. The van der Waals surface area contributed by atoms with Crippen LogP contribution in [0, 0.1) is 0 Å². The maximum Gasteiger partial charge on any atom is 0.490 e. The molecule has 0 bridgehead atoms. The number of aliphatic hydroxyl groups is 1. The van der Waals surface area contributed by atoms with Crippen LogP contribution in [0.15, 0.2) is 20.3 Å². The van der Waals surface area contributed by atoms with Crippen LogP contribution >= 0.6 is 39.4 Å². The van der Waals surface area contributed by atoms with E-state index in [9.17, 15) is 37.7 Å². The van der Waals surface area contributed by atoms with Crippen LogP contribution in [0.1, 0.15) is 6.23 Å². The number of hydrogen-bond acceptors (Lipinski definition) is 10. The molecule has 0 spiro atoms. The molecule has 6 N–H and O–H groups in total. The Morgan fingerprint density at radius 2 is 1.77 bits per heavy atom. The van der Waals surface area contributed by atoms with Gasteiger partial charge in [0, 0.05) is 6.20 Å². The normalized spacial score (nSPS) is 28.8. The molecule has 2 rings (SSSR count). The van der Waals surface area contributed by atoms with Crippen LogP contribution in [0.25, 0.3) is 0 Å². The average Bonchev–Trinajstić information content (AvgIpc) is 2.81. The van der Waals surface area contributed by atoms with E-state index in [1.165, 1.54) is 0 Å². The second kappa shape index (κ2) is 9.11. The third-order valence-corrected chi connectivity index (χ3v) is 7.67. The first-order valence-corrected chi connectivity index (χ1v) is 12.6. The van der Waals surface area contributed by atoms with Crippen molar-refractivity contribution in [2.45, 2.75) is 24.6 Å². The standard InChI is InChI=1S/C9H13BrFN2O14P3/c10-3-1-13(9(16)12-7(3)15)8-6(14)5(11)4(25-8)2-24-29(20,21)27-30(22,23)26-28(17,18)19/h1,4-6,8,14H,2H2,(H,20,21)(H,22,23)(H,12,15,16)(H2,17,18,19)/t4-,5-,6-,8-/m1/s1. The number of halogens is 2. The lowest BCUT2D eigenvalue weighted by Gasteiger charge is -2.19. The summed E-state index contributed by atoms with van der Waals surface area (Å²) in [6, 6.07) is 0. The minimum atomic E-state index is -5.77. The second-order valence-electron chi connectivity index (χ2n) is 5.53. The van der Waals surface area contributed by atoms with Crippen molar-refractivity contribution < 1.29 is 60.6 Å². The molecule has 1 fully saturated rings. The van der Waals surface area contributed by atoms with Crippen molar-refractivity contribution in [1.82, 2.24) is 9.55 Å². The Bertz CT molecular complexity index is 1050. The van der Waals surface area contributed by atoms with Crippen molar-refractivity contribution in [2.24, 2.45) is 0 Å². The molecule has 0 aromatic carbocycles. The maximum absolute atomic E-state index is 14.3. The van der Waals surface area contributed by atoms with E-state index in [-0.39, 0.29) is 4.47 Å². The topological polar surface area (TPSA) is 244 Å². The van der Waals surface area contributed by atoms with E-state index in [4.69, 9.17) is 19.4 Å². The molecule has 0 saturated carbocycles. The lowest BCUT2D eigenvalue weighted by Crippen LogP contribution is -2.37. The molecule has 2 unspecified atom stereocenters. The molecule has 1 saturated heterocycles. The molecule has 6 atom stereocenters. The van der Waals surface area contributed by atoms with Gasteiger partial charge >= 0.3 is 29.2 Å². The smallest absolute Gasteiger partial charge is 0.385 e. The molecule has 1 aromatic rings. The van der Waals surface area contributed by atoms with E-state index in [2.05, 4.69) is 29.1 Å². The Morgan fingerprint density at radius 1 is 1.17 bits per heavy atom. The summed E-state index contributed by atoms with van der Waals surface area (Å²) in [5, 5.41) is 9.93. The van der Waals surface area contributed by atoms with Crippen LogP contribution in [0.3, 0.4) is 0 Å². The zero-order valence-corrected chi connectivity index (χ0v) is 18.3. The first-order chi connectivity index (χ1) is 13.5. The summed E-state index contributed by atoms with van der Waals surface area (Å²) in [4.78, 5) is 60.3. The maximum atomic E-state index is 14.3. The second-order valence-corrected chi connectivity index (χ2v) is 10.8. The summed E-state index contributed by atoms with van der Waals surface area (Å²) in [7, 11) is -16.9. The fourth-order valence-electron chi connectivity index (χ4n) is 2.19. The molecule has 0 amide bonds. The summed E-state index contributed by atoms with van der Waals surface area (Å²) >= 11 is 2.82. The molecule has 1 aliphatic rings. The van der Waals surface area contributed by atoms with Crippen LogP contribution in [0.5, 0.6) is 0 Å². The highest BCUT2D eigenvalue weighted by molar-refractivity contribution is 9.10. The first-order valence-electron chi connectivity index (χ1n) is 7.28. The Morgan fingerprint density at radius 3 is 2.33 bits per heavy atom. The first kappa shape index (κ1) is 25.7. The number of aliphatic hydroxyl groups excluding tert-OH is 1. The number of aromatic nitrogens is 2. The molecule has 1 aromatic heterocycles. The fraction of sp³-hybridized carbons (Fsp3) is 0.556. The van der Waals surface area contributed by atoms with Gasteiger partial charge in [0.05, 0.1) is 11.1 Å². The largest absolute Gasteiger partial charge is 0.490 e. The van der Waals surface area contributed by atoms with Gasteiger partial charge in [-0.25, -0.2) is 22.9 Å². The third kappa shape index (κ3) is 6.71. The highest BCUT2D eigenvalue weighted by Crippen LogP contribution is 2.66. The van der Waals surface area contributed by atoms with Crippen molar-refractivity contribution in [2.75, 3.05) is 6.61 Å². The van der Waals surface area contributed by atoms with Crippen LogP contribution in [0.4, 0.5) is 4.39 Å². The van der Waals surface area contributed by atoms with E-state index < -0.39 is 65.9 Å². The average molecular weight is 565 g/mol. The Labute approximate surface area is 172 Å². The van der Waals surface area contributed by atoms with Gasteiger partial charge in [-0.2, -0.15) is 8.62 Å². The number of hydrogen-bond donors (Lipinski definition) is 6. The van der Waals surface area contributed by atoms with E-state index in [1.54, 1.807) is 0 Å². The summed E-state index contributed by atoms with van der Waals surface area (Å²) in [5.41, 5.74) is -1.89. The summed E-state index contributed by atoms with van der Waals surface area (Å²) in [5.74, 6) is 0. The number of H-pyrrole nitrogens is 1. The molecule has 30 heavy (non-hydrogen) atoms. The molecule has 1 aliphatic heterocycles. The van der Waals surface area contributed by atoms with Gasteiger partial charge in [-0.05, 0) is 15.9 Å². The number of alkyl halides is 1. The van der Waals surface area contributed by atoms with Crippen molar-refractivity contribution in [3.05, 3.63) is 31.5 Å². The number of rotatable bonds is 8. The van der Waals surface area contributed by atoms with Crippen LogP contribution < -0.4 is 11.2 Å². The predicted molar refractivity (Wildman–Crippen MR) is 93.7 cm³/mol. The van der Waals surface area contributed by atoms with Crippen molar-refractivity contribution in [3.63, 3.8) is 0 Å². The SMILES string of the molecule is O=c1[nH]c(=O)n([C@@H]2O[C@H](COP(=O)(O)OP(=O)(O)OP(=O)(O)O)[C@@H](F)[C@H]2O)cc1Br. The van der Waals surface area contributed by atoms with Crippen LogP contribution in [-0.4, -0.2) is 59.2 Å². The lowest BCUT2D eigenvalue weighted by atomic mass is 10.1. The number of ether oxygens (including phenoxy) is 1. The van der Waals surface area contributed by atoms with Crippen molar-refractivity contribution in [1.29, 1.82) is 0 Å². The predicted octanol–water partition coefficient (Wildman–Crippen LogP) is -0.761. The molecule has 21 heteroatoms. The minimum Gasteiger partial charge on any atom is -0.385 e. The highest BCUT2D eigenvalue weighted by atomic mass is 79.9. The Hall–Kier alpha value is -0.580. The summed E-state index contributed by atoms with van der Waals surface area (Å²) < 4.78 is 64.4. The van der Waals surface area contributed by atoms with Crippen molar-refractivity contribution in [3.8, 4) is 0 Å². The third-order valence-electron chi connectivity index (χ3n) is 3.30. The number of phosphoric ester groups is 1. The van der Waals surface area contributed by atoms with Gasteiger partial charge in [0.2, 0.25) is 0 Å². The molecule has 0 radical (unpaired) electrons. The van der Waals surface area contributed by atoms with Gasteiger partial charge in [-0.1, -0.05) is 0 Å². The van der Waals surface area contributed by atoms with Gasteiger partial charge in [-0.3, -0.25) is 18.9 Å². The van der Waals surface area contributed by atoms with E-state index >= 15 is 0 Å². The summed E-state index contributed by atoms with van der Waals surface area (Å²) in [6.45, 7) is -1.18. The molecule has 16 nitrogen and oxygen atoms in total. The quantitative estimate of drug-likeness (QED) is 0.212.